The second-order valence-electron chi connectivity index (χ2n) is 4.92. The number of hydrogen-bond donors (Lipinski definition) is 1. The molecule has 2 rings (SSSR count). The second-order valence-corrected chi connectivity index (χ2v) is 4.92. The average Bonchev–Trinajstić information content (AvgIpc) is 2.48. The third-order valence-electron chi connectivity index (χ3n) is 3.66. The first-order chi connectivity index (χ1) is 9.19. The van der Waals surface area contributed by atoms with Crippen LogP contribution in [0.25, 0.3) is 0 Å². The number of benzene rings is 2. The number of rotatable bonds is 5. The molecule has 1 unspecified atom stereocenters. The molecule has 1 heteroatoms. The Kier molecular flexibility index (Phi) is 4.18. The van der Waals surface area contributed by atoms with Gasteiger partial charge in [-0.25, -0.2) is 0 Å². The summed E-state index contributed by atoms with van der Waals surface area (Å²) in [6, 6.07) is 19.7. The van der Waals surface area contributed by atoms with Gasteiger partial charge in [-0.15, -0.1) is 6.58 Å². The molecule has 0 aliphatic rings. The molecule has 1 N–H and O–H groups in total. The molecule has 0 saturated carbocycles. The highest BCUT2D eigenvalue weighted by atomic mass is 16.3. The van der Waals surface area contributed by atoms with Gasteiger partial charge in [0.2, 0.25) is 0 Å². The van der Waals surface area contributed by atoms with Crippen molar-refractivity contribution >= 4 is 0 Å². The van der Waals surface area contributed by atoms with E-state index in [9.17, 15) is 5.11 Å². The summed E-state index contributed by atoms with van der Waals surface area (Å²) in [6.07, 6.45) is 2.63. The molecule has 1 atom stereocenters. The van der Waals surface area contributed by atoms with Gasteiger partial charge in [0.15, 0.2) is 0 Å². The topological polar surface area (TPSA) is 20.2 Å². The smallest absolute Gasteiger partial charge is 0.117 e. The van der Waals surface area contributed by atoms with Crippen LogP contribution in [0.2, 0.25) is 0 Å². The highest BCUT2D eigenvalue weighted by molar-refractivity contribution is 5.36. The van der Waals surface area contributed by atoms with E-state index in [1.807, 2.05) is 66.7 Å². The fourth-order valence-electron chi connectivity index (χ4n) is 2.54. The quantitative estimate of drug-likeness (QED) is 0.793. The molecule has 0 aliphatic heterocycles. The van der Waals surface area contributed by atoms with Crippen LogP contribution in [0.3, 0.4) is 0 Å². The van der Waals surface area contributed by atoms with Crippen LogP contribution in [-0.4, -0.2) is 5.11 Å². The minimum absolute atomic E-state index is 0.0646. The van der Waals surface area contributed by atoms with E-state index in [1.165, 1.54) is 0 Å². The van der Waals surface area contributed by atoms with Crippen molar-refractivity contribution in [3.63, 3.8) is 0 Å². The molecule has 1 nitrogen and oxygen atoms in total. The van der Waals surface area contributed by atoms with Gasteiger partial charge in [0.25, 0.3) is 0 Å². The molecule has 19 heavy (non-hydrogen) atoms. The van der Waals surface area contributed by atoms with Crippen LogP contribution >= 0.6 is 0 Å². The van der Waals surface area contributed by atoms with Crippen LogP contribution in [0, 0.1) is 5.92 Å². The van der Waals surface area contributed by atoms with Gasteiger partial charge in [-0.2, -0.15) is 0 Å². The van der Waals surface area contributed by atoms with Crippen LogP contribution in [-0.2, 0) is 5.60 Å². The van der Waals surface area contributed by atoms with Crippen LogP contribution in [0.5, 0.6) is 0 Å². The molecule has 2 aromatic carbocycles. The summed E-state index contributed by atoms with van der Waals surface area (Å²) in [5.74, 6) is 0.0646. The average molecular weight is 252 g/mol. The fraction of sp³-hybridized carbons (Fsp3) is 0.222. The van der Waals surface area contributed by atoms with Gasteiger partial charge in [0.05, 0.1) is 0 Å². The lowest BCUT2D eigenvalue weighted by atomic mass is 9.75. The Labute approximate surface area is 115 Å². The molecule has 0 spiro atoms. The van der Waals surface area contributed by atoms with E-state index in [-0.39, 0.29) is 5.92 Å². The summed E-state index contributed by atoms with van der Waals surface area (Å²) in [4.78, 5) is 0. The van der Waals surface area contributed by atoms with Crippen molar-refractivity contribution in [2.24, 2.45) is 5.92 Å². The predicted molar refractivity (Wildman–Crippen MR) is 79.9 cm³/mol. The molecule has 0 aliphatic carbocycles. The lowest BCUT2D eigenvalue weighted by Crippen LogP contribution is -2.34. The molecule has 98 valence electrons. The molecule has 0 bridgehead atoms. The summed E-state index contributed by atoms with van der Waals surface area (Å²) in [7, 11) is 0. The second kappa shape index (κ2) is 5.85. The minimum atomic E-state index is -0.975. The number of aliphatic hydroxyl groups is 1. The van der Waals surface area contributed by atoms with Crippen molar-refractivity contribution in [2.45, 2.75) is 18.9 Å². The summed E-state index contributed by atoms with van der Waals surface area (Å²) in [5.41, 5.74) is 0.877. The molecule has 0 amide bonds. The van der Waals surface area contributed by atoms with Crippen molar-refractivity contribution in [2.75, 3.05) is 0 Å². The van der Waals surface area contributed by atoms with E-state index < -0.39 is 5.60 Å². The zero-order valence-corrected chi connectivity index (χ0v) is 11.3. The van der Waals surface area contributed by atoms with E-state index in [0.29, 0.717) is 0 Å². The van der Waals surface area contributed by atoms with E-state index >= 15 is 0 Å². The molecule has 2 aromatic rings. The van der Waals surface area contributed by atoms with Gasteiger partial charge in [-0.3, -0.25) is 0 Å². The van der Waals surface area contributed by atoms with Gasteiger partial charge in [-0.05, 0) is 23.5 Å². The molecule has 0 heterocycles. The Balaban J connectivity index is 2.53. The minimum Gasteiger partial charge on any atom is -0.380 e. The van der Waals surface area contributed by atoms with Crippen LogP contribution < -0.4 is 0 Å². The van der Waals surface area contributed by atoms with E-state index in [2.05, 4.69) is 13.5 Å². The van der Waals surface area contributed by atoms with Gasteiger partial charge in [0.1, 0.15) is 5.60 Å². The first-order valence-corrected chi connectivity index (χ1v) is 6.64. The van der Waals surface area contributed by atoms with Gasteiger partial charge in [-0.1, -0.05) is 73.7 Å². The number of hydrogen-bond acceptors (Lipinski definition) is 1. The van der Waals surface area contributed by atoms with Crippen molar-refractivity contribution in [3.8, 4) is 0 Å². The Morgan fingerprint density at radius 1 is 1.00 bits per heavy atom. The zero-order chi connectivity index (χ0) is 13.7. The van der Waals surface area contributed by atoms with Crippen molar-refractivity contribution in [3.05, 3.63) is 84.4 Å². The maximum atomic E-state index is 11.3. The number of allylic oxidation sites excluding steroid dienone is 1. The Morgan fingerprint density at radius 3 is 1.79 bits per heavy atom. The molecule has 0 saturated heterocycles. The predicted octanol–water partition coefficient (Wildman–Crippen LogP) is 4.13. The Bertz CT molecular complexity index is 476. The fourth-order valence-corrected chi connectivity index (χ4v) is 2.54. The maximum Gasteiger partial charge on any atom is 0.117 e. The van der Waals surface area contributed by atoms with Crippen molar-refractivity contribution in [1.82, 2.24) is 0 Å². The van der Waals surface area contributed by atoms with Gasteiger partial charge < -0.3 is 5.11 Å². The third kappa shape index (κ3) is 2.61. The summed E-state index contributed by atoms with van der Waals surface area (Å²) in [5, 5.41) is 11.3. The Morgan fingerprint density at radius 2 is 1.42 bits per heavy atom. The van der Waals surface area contributed by atoms with E-state index in [1.54, 1.807) is 0 Å². The lowest BCUT2D eigenvalue weighted by molar-refractivity contribution is 0.0251. The first-order valence-electron chi connectivity index (χ1n) is 6.64. The first kappa shape index (κ1) is 13.6. The zero-order valence-electron chi connectivity index (χ0n) is 11.3. The third-order valence-corrected chi connectivity index (χ3v) is 3.66. The monoisotopic (exact) mass is 252 g/mol. The summed E-state index contributed by atoms with van der Waals surface area (Å²) < 4.78 is 0. The van der Waals surface area contributed by atoms with Crippen molar-refractivity contribution < 1.29 is 5.11 Å². The summed E-state index contributed by atoms with van der Waals surface area (Å²) >= 11 is 0. The van der Waals surface area contributed by atoms with Gasteiger partial charge in [0, 0.05) is 0 Å². The highest BCUT2D eigenvalue weighted by Gasteiger charge is 2.36. The van der Waals surface area contributed by atoms with Crippen LogP contribution in [0.1, 0.15) is 24.5 Å². The normalized spacial score (nSPS) is 12.9. The molecular formula is C18H20O. The highest BCUT2D eigenvalue weighted by Crippen LogP contribution is 2.38. The summed E-state index contributed by atoms with van der Waals surface area (Å²) in [6.45, 7) is 5.85. The Hall–Kier alpha value is -1.86. The largest absolute Gasteiger partial charge is 0.380 e. The van der Waals surface area contributed by atoms with E-state index in [0.717, 1.165) is 17.5 Å². The van der Waals surface area contributed by atoms with Crippen LogP contribution in [0.4, 0.5) is 0 Å². The lowest BCUT2D eigenvalue weighted by Gasteiger charge is -2.35. The molecule has 0 fully saturated rings. The molecule has 0 radical (unpaired) electrons. The molecule has 0 aromatic heterocycles. The maximum absolute atomic E-state index is 11.3. The van der Waals surface area contributed by atoms with Crippen molar-refractivity contribution in [1.29, 1.82) is 0 Å². The molecular weight excluding hydrogens is 232 g/mol. The van der Waals surface area contributed by atoms with Crippen LogP contribution in [0.15, 0.2) is 73.3 Å². The van der Waals surface area contributed by atoms with Gasteiger partial charge >= 0.3 is 0 Å². The standard InChI is InChI=1S/C18H20O/c1-3-10-15(2)18(19,16-11-6-4-7-12-16)17-13-8-5-9-14-17/h3-9,11-15,19H,1,10H2,2H3. The van der Waals surface area contributed by atoms with E-state index in [4.69, 9.17) is 0 Å². The SMILES string of the molecule is C=CCC(C)C(O)(c1ccccc1)c1ccccc1.